The highest BCUT2D eigenvalue weighted by Gasteiger charge is 2.23. The molecular formula is C60H33N3O3. The van der Waals surface area contributed by atoms with Gasteiger partial charge in [0.25, 0.3) is 0 Å². The Morgan fingerprint density at radius 2 is 0.591 bits per heavy atom. The van der Waals surface area contributed by atoms with E-state index in [4.69, 9.17) is 13.3 Å². The lowest BCUT2D eigenvalue weighted by Gasteiger charge is -2.08. The van der Waals surface area contributed by atoms with E-state index in [2.05, 4.69) is 208 Å². The predicted octanol–water partition coefficient (Wildman–Crippen LogP) is 16.7. The lowest BCUT2D eigenvalue weighted by Crippen LogP contribution is -1.93. The minimum Gasteiger partial charge on any atom is -0.455 e. The minimum atomic E-state index is 0.852. The molecule has 6 heterocycles. The molecule has 66 heavy (non-hydrogen) atoms. The maximum atomic E-state index is 6.93. The molecule has 6 nitrogen and oxygen atoms in total. The van der Waals surface area contributed by atoms with Crippen molar-refractivity contribution >= 4 is 131 Å². The van der Waals surface area contributed by atoms with Crippen LogP contribution < -0.4 is 0 Å². The number of hydrogen-bond donors (Lipinski definition) is 0. The van der Waals surface area contributed by atoms with Gasteiger partial charge in [-0.05, 0) is 109 Å². The van der Waals surface area contributed by atoms with Crippen LogP contribution in [0.5, 0.6) is 0 Å². The minimum absolute atomic E-state index is 0.852. The van der Waals surface area contributed by atoms with Gasteiger partial charge in [-0.25, -0.2) is 0 Å². The van der Waals surface area contributed by atoms with E-state index < -0.39 is 0 Å². The first-order valence-electron chi connectivity index (χ1n) is 22.4. The third-order valence-electron chi connectivity index (χ3n) is 14.2. The SMILES string of the molecule is c1ccc(-n2c3ccccc3c3c4oc5ccc(-n6c7ccccc7c7c8oc9ccc(-n%10c%11ccccc%11c%11c%12oc%13ccccc%13c%12ccc%11%10)cc9c8ccc76)cc5c4ccc32)cc1. The zero-order valence-corrected chi connectivity index (χ0v) is 35.1. The number of hydrogen-bond acceptors (Lipinski definition) is 3. The second kappa shape index (κ2) is 12.4. The molecule has 0 aliphatic rings. The zero-order valence-electron chi connectivity index (χ0n) is 35.1. The Morgan fingerprint density at radius 3 is 1.06 bits per heavy atom. The molecule has 0 radical (unpaired) electrons. The highest BCUT2D eigenvalue weighted by molar-refractivity contribution is 6.27. The molecule has 0 unspecified atom stereocenters. The second-order valence-corrected chi connectivity index (χ2v) is 17.6. The molecule has 0 N–H and O–H groups in total. The fourth-order valence-electron chi connectivity index (χ4n) is 11.5. The molecule has 0 saturated carbocycles. The molecule has 16 rings (SSSR count). The fourth-order valence-corrected chi connectivity index (χ4v) is 11.5. The van der Waals surface area contributed by atoms with Crippen molar-refractivity contribution in [3.8, 4) is 17.1 Å². The van der Waals surface area contributed by atoms with Gasteiger partial charge in [0.15, 0.2) is 0 Å². The van der Waals surface area contributed by atoms with Crippen LogP contribution in [0, 0.1) is 0 Å². The van der Waals surface area contributed by atoms with E-state index in [-0.39, 0.29) is 0 Å². The third-order valence-corrected chi connectivity index (χ3v) is 14.2. The normalized spacial score (nSPS) is 12.5. The highest BCUT2D eigenvalue weighted by atomic mass is 16.3. The number of fused-ring (bicyclic) bond motifs is 21. The van der Waals surface area contributed by atoms with Gasteiger partial charge >= 0.3 is 0 Å². The van der Waals surface area contributed by atoms with Crippen molar-refractivity contribution in [1.29, 1.82) is 0 Å². The lowest BCUT2D eigenvalue weighted by molar-refractivity contribution is 0.672. The Kier molecular flexibility index (Phi) is 6.47. The van der Waals surface area contributed by atoms with Crippen molar-refractivity contribution in [2.45, 2.75) is 0 Å². The van der Waals surface area contributed by atoms with E-state index in [1.165, 1.54) is 5.39 Å². The molecule has 0 atom stereocenters. The molecule has 0 fully saturated rings. The van der Waals surface area contributed by atoms with Crippen LogP contribution in [0.4, 0.5) is 0 Å². The molecular weight excluding hydrogens is 811 g/mol. The highest BCUT2D eigenvalue weighted by Crippen LogP contribution is 2.46. The summed E-state index contributed by atoms with van der Waals surface area (Å²) in [6.45, 7) is 0. The monoisotopic (exact) mass is 843 g/mol. The Morgan fingerprint density at radius 1 is 0.227 bits per heavy atom. The standard InChI is InChI=1S/C60H33N3O3/c1-2-12-34(13-3-1)61-46-18-8-4-15-41(46)55-49(61)28-25-39-44-33-36(23-30-53(44)65-59(39)55)63-48-20-10-6-17-43(48)57-51(63)29-26-40-45-32-35(22-31-54(45)66-60(40)57)62-47-19-9-5-16-42(47)56-50(62)27-24-38-37-14-7-11-21-52(37)64-58(38)56/h1-33H. The molecule has 6 heteroatoms. The summed E-state index contributed by atoms with van der Waals surface area (Å²) in [6.07, 6.45) is 0. The Balaban J connectivity index is 0.895. The molecule has 6 aromatic heterocycles. The molecule has 0 aliphatic heterocycles. The van der Waals surface area contributed by atoms with Gasteiger partial charge in [-0.3, -0.25) is 0 Å². The Bertz CT molecular complexity index is 4760. The van der Waals surface area contributed by atoms with Gasteiger partial charge in [-0.15, -0.1) is 0 Å². The van der Waals surface area contributed by atoms with E-state index in [9.17, 15) is 0 Å². The maximum Gasteiger partial charge on any atom is 0.145 e. The van der Waals surface area contributed by atoms with Crippen LogP contribution in [-0.4, -0.2) is 13.7 Å². The topological polar surface area (TPSA) is 54.2 Å². The van der Waals surface area contributed by atoms with Crippen LogP contribution in [0.3, 0.4) is 0 Å². The van der Waals surface area contributed by atoms with Crippen LogP contribution in [0.2, 0.25) is 0 Å². The van der Waals surface area contributed by atoms with Gasteiger partial charge in [0.1, 0.15) is 33.5 Å². The van der Waals surface area contributed by atoms with Gasteiger partial charge in [0, 0.05) is 65.5 Å². The van der Waals surface area contributed by atoms with Crippen molar-refractivity contribution in [2.24, 2.45) is 0 Å². The van der Waals surface area contributed by atoms with Crippen molar-refractivity contribution < 1.29 is 13.3 Å². The van der Waals surface area contributed by atoms with Gasteiger partial charge in [0.2, 0.25) is 0 Å². The van der Waals surface area contributed by atoms with Crippen LogP contribution in [0.25, 0.3) is 148 Å². The quantitative estimate of drug-likeness (QED) is 0.178. The summed E-state index contributed by atoms with van der Waals surface area (Å²) in [5.74, 6) is 0. The van der Waals surface area contributed by atoms with Crippen molar-refractivity contribution in [3.05, 3.63) is 200 Å². The summed E-state index contributed by atoms with van der Waals surface area (Å²) in [5.41, 5.74) is 15.3. The summed E-state index contributed by atoms with van der Waals surface area (Å²) >= 11 is 0. The van der Waals surface area contributed by atoms with Gasteiger partial charge < -0.3 is 27.0 Å². The van der Waals surface area contributed by atoms with Crippen LogP contribution in [-0.2, 0) is 0 Å². The molecule has 0 bridgehead atoms. The summed E-state index contributed by atoms with van der Waals surface area (Å²) in [4.78, 5) is 0. The Labute approximate surface area is 373 Å². The number of furan rings is 3. The van der Waals surface area contributed by atoms with E-state index in [0.29, 0.717) is 0 Å². The fraction of sp³-hybridized carbons (Fsp3) is 0. The van der Waals surface area contributed by atoms with Gasteiger partial charge in [0.05, 0.1) is 49.3 Å². The van der Waals surface area contributed by atoms with E-state index >= 15 is 0 Å². The molecule has 0 amide bonds. The Hall–Kier alpha value is -9.00. The summed E-state index contributed by atoms with van der Waals surface area (Å²) in [5, 5.41) is 13.4. The maximum absolute atomic E-state index is 6.93. The number of nitrogens with zero attached hydrogens (tertiary/aromatic N) is 3. The smallest absolute Gasteiger partial charge is 0.145 e. The number of benzene rings is 10. The molecule has 10 aromatic carbocycles. The van der Waals surface area contributed by atoms with E-state index in [0.717, 1.165) is 143 Å². The molecule has 0 saturated heterocycles. The van der Waals surface area contributed by atoms with Crippen LogP contribution >= 0.6 is 0 Å². The largest absolute Gasteiger partial charge is 0.455 e. The third kappa shape index (κ3) is 4.35. The summed E-state index contributed by atoms with van der Waals surface area (Å²) in [6, 6.07) is 71.4. The first-order valence-corrected chi connectivity index (χ1v) is 22.4. The first-order chi connectivity index (χ1) is 32.7. The van der Waals surface area contributed by atoms with Crippen LogP contribution in [0.1, 0.15) is 0 Å². The molecule has 0 aliphatic carbocycles. The molecule has 16 aromatic rings. The zero-order chi connectivity index (χ0) is 42.8. The van der Waals surface area contributed by atoms with Crippen LogP contribution in [0.15, 0.2) is 213 Å². The second-order valence-electron chi connectivity index (χ2n) is 17.6. The number of rotatable bonds is 3. The average Bonchev–Trinajstić information content (AvgIpc) is 4.22. The van der Waals surface area contributed by atoms with Gasteiger partial charge in [-0.2, -0.15) is 0 Å². The first kappa shape index (κ1) is 34.5. The predicted molar refractivity (Wildman–Crippen MR) is 271 cm³/mol. The molecule has 0 spiro atoms. The average molecular weight is 844 g/mol. The lowest BCUT2D eigenvalue weighted by atomic mass is 10.1. The van der Waals surface area contributed by atoms with Gasteiger partial charge in [-0.1, -0.05) is 91.0 Å². The number of para-hydroxylation sites is 5. The molecule has 306 valence electrons. The van der Waals surface area contributed by atoms with Crippen molar-refractivity contribution in [3.63, 3.8) is 0 Å². The van der Waals surface area contributed by atoms with Crippen molar-refractivity contribution in [1.82, 2.24) is 13.7 Å². The van der Waals surface area contributed by atoms with Crippen molar-refractivity contribution in [2.75, 3.05) is 0 Å². The summed E-state index contributed by atoms with van der Waals surface area (Å²) in [7, 11) is 0. The number of aromatic nitrogens is 3. The summed E-state index contributed by atoms with van der Waals surface area (Å²) < 4.78 is 27.4. The van der Waals surface area contributed by atoms with E-state index in [1.54, 1.807) is 0 Å². The van der Waals surface area contributed by atoms with E-state index in [1.807, 2.05) is 6.07 Å².